The van der Waals surface area contributed by atoms with Gasteiger partial charge < -0.3 is 18.0 Å². The second-order valence-corrected chi connectivity index (χ2v) is 8.76. The van der Waals surface area contributed by atoms with Gasteiger partial charge in [0.1, 0.15) is 0 Å². The number of allylic oxidation sites excluding steroid dienone is 4. The molecule has 0 aliphatic carbocycles. The van der Waals surface area contributed by atoms with Crippen LogP contribution in [-0.4, -0.2) is 32.7 Å². The van der Waals surface area contributed by atoms with Crippen LogP contribution < -0.4 is 0 Å². The summed E-state index contributed by atoms with van der Waals surface area (Å²) >= 11 is -11.1. The number of hydrogen-bond donors (Lipinski definition) is 0. The molecule has 2 heterocycles. The summed E-state index contributed by atoms with van der Waals surface area (Å²) in [7, 11) is 0. The van der Waals surface area contributed by atoms with E-state index in [0.717, 1.165) is 23.1 Å². The molecule has 0 aromatic rings. The van der Waals surface area contributed by atoms with Gasteiger partial charge in [-0.15, -0.1) is 0 Å². The van der Waals surface area contributed by atoms with Crippen LogP contribution in [0.5, 0.6) is 0 Å². The quantitative estimate of drug-likeness (QED) is 0.355. The van der Waals surface area contributed by atoms with Crippen molar-refractivity contribution in [3.05, 3.63) is 23.7 Å². The Morgan fingerprint density at radius 3 is 1.27 bits per heavy atom. The Labute approximate surface area is 123 Å². The summed E-state index contributed by atoms with van der Waals surface area (Å²) in [5.74, 6) is 2.89. The first-order valence-electron chi connectivity index (χ1n) is 5.93. The van der Waals surface area contributed by atoms with Crippen LogP contribution in [0.1, 0.15) is 27.7 Å². The Bertz CT molecular complexity index is 553. The Morgan fingerprint density at radius 1 is 0.773 bits per heavy atom. The van der Waals surface area contributed by atoms with E-state index in [1.165, 1.54) is 0 Å². The topological polar surface area (TPSA) is 41.1 Å². The minimum atomic E-state index is -11.1. The van der Waals surface area contributed by atoms with Crippen molar-refractivity contribution in [1.29, 1.82) is 0 Å². The molecule has 0 N–H and O–H groups in total. The van der Waals surface area contributed by atoms with Gasteiger partial charge in [-0.25, -0.2) is 0 Å². The van der Waals surface area contributed by atoms with E-state index in [0.29, 0.717) is 0 Å². The first-order valence-corrected chi connectivity index (χ1v) is 10.2. The molecular formula is C10H14AsBF6O4. The fourth-order valence-corrected chi connectivity index (χ4v) is 1.76. The van der Waals surface area contributed by atoms with Gasteiger partial charge in [0.2, 0.25) is 0 Å². The van der Waals surface area contributed by atoms with E-state index < -0.39 is 21.1 Å². The molecule has 0 radical (unpaired) electrons. The van der Waals surface area contributed by atoms with Crippen LogP contribution >= 0.6 is 0 Å². The summed E-state index contributed by atoms with van der Waals surface area (Å²) in [4.78, 5) is 0. The third-order valence-electron chi connectivity index (χ3n) is 2.13. The van der Waals surface area contributed by atoms with E-state index in [2.05, 4.69) is 0 Å². The zero-order valence-electron chi connectivity index (χ0n) is 12.1. The third-order valence-corrected chi connectivity index (χ3v) is 2.13. The number of hydrogen-bond acceptors (Lipinski definition) is 2. The Kier molecular flexibility index (Phi) is 4.08. The van der Waals surface area contributed by atoms with Gasteiger partial charge in [0.15, 0.2) is 0 Å². The van der Waals surface area contributed by atoms with Crippen LogP contribution in [0.15, 0.2) is 23.7 Å². The van der Waals surface area contributed by atoms with Crippen molar-refractivity contribution in [3.63, 3.8) is 0 Å². The van der Waals surface area contributed by atoms with Crippen molar-refractivity contribution in [1.82, 2.24) is 0 Å². The van der Waals surface area contributed by atoms with Gasteiger partial charge in [0.25, 0.3) is 11.6 Å². The average molecular weight is 398 g/mol. The molecule has 4 nitrogen and oxygen atoms in total. The first-order chi connectivity index (χ1) is 9.44. The third kappa shape index (κ3) is 8.16. The number of rotatable bonds is 0. The molecule has 1 spiro atoms. The first kappa shape index (κ1) is 18.7. The Balaban J connectivity index is 0.000000295. The summed E-state index contributed by atoms with van der Waals surface area (Å²) < 4.78 is 81.4. The van der Waals surface area contributed by atoms with Crippen molar-refractivity contribution >= 4 is 32.7 Å². The summed E-state index contributed by atoms with van der Waals surface area (Å²) in [6.07, 6.45) is 3.59. The predicted octanol–water partition coefficient (Wildman–Crippen LogP) is 3.68. The SMILES string of the molecule is CC1=CC(C)=[O+][B-]2(O1)OC(C)=CC(C)=[O+]2.F[As-](F)(F)(F)(F)F. The van der Waals surface area contributed by atoms with Crippen molar-refractivity contribution in [2.45, 2.75) is 27.7 Å². The number of halogens is 6. The van der Waals surface area contributed by atoms with Gasteiger partial charge >= 0.3 is 41.9 Å². The van der Waals surface area contributed by atoms with Crippen LogP contribution in [0, 0.1) is 0 Å². The van der Waals surface area contributed by atoms with Crippen molar-refractivity contribution in [2.24, 2.45) is 0 Å². The van der Waals surface area contributed by atoms with Gasteiger partial charge in [-0.05, 0) is 13.8 Å². The van der Waals surface area contributed by atoms with Crippen LogP contribution in [0.3, 0.4) is 0 Å². The molecule has 12 heteroatoms. The summed E-state index contributed by atoms with van der Waals surface area (Å²) in [6, 6.07) is 0. The molecule has 2 aliphatic heterocycles. The second-order valence-electron chi connectivity index (χ2n) is 4.74. The molecular weight excluding hydrogens is 384 g/mol. The van der Waals surface area contributed by atoms with E-state index >= 15 is 0 Å². The standard InChI is InChI=1S/C10H14BO4.AsF6/c1-7-5-8(2)13-11(12-7)14-9(3)6-10(4)15-11;2-1(3,4,5,6)7/h5-6H,1-4H3;/q+1;-1. The van der Waals surface area contributed by atoms with E-state index in [9.17, 15) is 20.8 Å². The van der Waals surface area contributed by atoms with Crippen LogP contribution in [0.4, 0.5) is 20.8 Å². The van der Waals surface area contributed by atoms with Gasteiger partial charge in [0.05, 0.1) is 23.7 Å². The second kappa shape index (κ2) is 4.81. The van der Waals surface area contributed by atoms with E-state index in [4.69, 9.17) is 18.0 Å². The fraction of sp³-hybridized carbons (Fsp3) is 0.400. The zero-order chi connectivity index (χ0) is 17.5. The molecule has 0 aromatic carbocycles. The van der Waals surface area contributed by atoms with Crippen LogP contribution in [0.2, 0.25) is 0 Å². The maximum atomic E-state index is 9.91. The Morgan fingerprint density at radius 2 is 1.05 bits per heavy atom. The molecule has 22 heavy (non-hydrogen) atoms. The molecule has 0 atom stereocenters. The number of carbonyl (C=O) groups excluding carboxylic acids is 2. The van der Waals surface area contributed by atoms with Gasteiger partial charge in [-0.2, -0.15) is 0 Å². The molecule has 0 unspecified atom stereocenters. The minimum absolute atomic E-state index is 0.723. The summed E-state index contributed by atoms with van der Waals surface area (Å²) in [5, 5.41) is 0. The van der Waals surface area contributed by atoms with Gasteiger partial charge in [-0.3, -0.25) is 0 Å². The van der Waals surface area contributed by atoms with Gasteiger partial charge in [0, 0.05) is 13.8 Å². The van der Waals surface area contributed by atoms with Crippen LogP contribution in [0.25, 0.3) is 0 Å². The molecule has 0 bridgehead atoms. The summed E-state index contributed by atoms with van der Waals surface area (Å²) in [5.41, 5.74) is 0. The number of ketones is 2. The molecule has 2 rings (SSSR count). The molecule has 128 valence electrons. The molecule has 0 saturated heterocycles. The fourth-order valence-electron chi connectivity index (χ4n) is 1.76. The van der Waals surface area contributed by atoms with E-state index in [1.807, 2.05) is 27.7 Å². The Hall–Kier alpha value is -1.38. The van der Waals surface area contributed by atoms with Crippen molar-refractivity contribution < 1.29 is 38.8 Å². The maximum absolute atomic E-state index is 11.1. The molecule has 0 amide bonds. The van der Waals surface area contributed by atoms with Gasteiger partial charge in [-0.1, -0.05) is 0 Å². The normalized spacial score (nSPS) is 23.2. The molecule has 0 aromatic heterocycles. The van der Waals surface area contributed by atoms with Crippen molar-refractivity contribution in [2.75, 3.05) is 0 Å². The zero-order valence-corrected chi connectivity index (χ0v) is 14.0. The monoisotopic (exact) mass is 398 g/mol. The van der Waals surface area contributed by atoms with Crippen LogP contribution in [-0.2, 0) is 18.0 Å². The van der Waals surface area contributed by atoms with Crippen molar-refractivity contribution in [3.8, 4) is 0 Å². The molecule has 0 fully saturated rings. The summed E-state index contributed by atoms with van der Waals surface area (Å²) in [6.45, 7) is 5.18. The van der Waals surface area contributed by atoms with E-state index in [-0.39, 0.29) is 0 Å². The predicted molar refractivity (Wildman–Crippen MR) is 69.2 cm³/mol. The average Bonchev–Trinajstić information content (AvgIpc) is 2.05. The molecule has 0 saturated carbocycles. The van der Waals surface area contributed by atoms with E-state index in [1.54, 1.807) is 12.2 Å². The molecule has 2 aliphatic rings.